The molecule has 0 amide bonds. The monoisotopic (exact) mass is 283 g/mol. The molecular formula is C15H13N3OS. The third-order valence-corrected chi connectivity index (χ3v) is 4.17. The summed E-state index contributed by atoms with van der Waals surface area (Å²) >= 11 is 0. The largest absolute Gasteiger partial charge is 0.255 e. The van der Waals surface area contributed by atoms with Gasteiger partial charge in [-0.05, 0) is 32.0 Å². The molecule has 5 heteroatoms. The maximum atomic E-state index is 12.7. The molecule has 1 atom stereocenters. The first-order chi connectivity index (χ1) is 9.65. The number of aromatic nitrogens is 3. The van der Waals surface area contributed by atoms with Crippen LogP contribution in [-0.4, -0.2) is 19.2 Å². The van der Waals surface area contributed by atoms with Gasteiger partial charge in [0.05, 0.1) is 10.4 Å². The summed E-state index contributed by atoms with van der Waals surface area (Å²) in [5, 5.41) is 1.29. The average Bonchev–Trinajstić information content (AvgIpc) is 2.45. The quantitative estimate of drug-likeness (QED) is 0.679. The van der Waals surface area contributed by atoms with E-state index in [1.165, 1.54) is 0 Å². The number of nitrogens with zero attached hydrogens (tertiary/aromatic N) is 3. The van der Waals surface area contributed by atoms with Gasteiger partial charge in [0, 0.05) is 23.0 Å². The van der Waals surface area contributed by atoms with Crippen molar-refractivity contribution in [2.24, 2.45) is 0 Å². The van der Waals surface area contributed by atoms with Gasteiger partial charge in [0.2, 0.25) is 5.16 Å². The van der Waals surface area contributed by atoms with Crippen molar-refractivity contribution in [2.75, 3.05) is 0 Å². The van der Waals surface area contributed by atoms with E-state index in [-0.39, 0.29) is 0 Å². The predicted molar refractivity (Wildman–Crippen MR) is 77.9 cm³/mol. The van der Waals surface area contributed by atoms with Crippen LogP contribution in [0.5, 0.6) is 0 Å². The maximum absolute atomic E-state index is 12.7. The van der Waals surface area contributed by atoms with Crippen LogP contribution >= 0.6 is 0 Å². The zero-order valence-electron chi connectivity index (χ0n) is 11.2. The second-order valence-corrected chi connectivity index (χ2v) is 5.88. The van der Waals surface area contributed by atoms with Crippen LogP contribution in [0.4, 0.5) is 0 Å². The minimum absolute atomic E-state index is 0.334. The lowest BCUT2D eigenvalue weighted by Crippen LogP contribution is -2.03. The van der Waals surface area contributed by atoms with Crippen LogP contribution < -0.4 is 0 Å². The molecule has 3 rings (SSSR count). The lowest BCUT2D eigenvalue weighted by Gasteiger charge is -2.06. The fourth-order valence-corrected chi connectivity index (χ4v) is 3.30. The molecule has 0 aliphatic heterocycles. The van der Waals surface area contributed by atoms with E-state index in [1.54, 1.807) is 6.20 Å². The van der Waals surface area contributed by atoms with E-state index in [0.717, 1.165) is 22.3 Å². The molecule has 20 heavy (non-hydrogen) atoms. The normalized spacial score (nSPS) is 12.5. The summed E-state index contributed by atoms with van der Waals surface area (Å²) in [5.41, 5.74) is 2.36. The number of hydrogen-bond acceptors (Lipinski definition) is 4. The zero-order valence-corrected chi connectivity index (χ0v) is 12.0. The van der Waals surface area contributed by atoms with Gasteiger partial charge < -0.3 is 0 Å². The van der Waals surface area contributed by atoms with Gasteiger partial charge in [-0.3, -0.25) is 4.98 Å². The Labute approximate surface area is 119 Å². The minimum atomic E-state index is -1.43. The molecule has 0 N–H and O–H groups in total. The molecule has 0 saturated heterocycles. The lowest BCUT2D eigenvalue weighted by molar-refractivity contribution is 0.674. The Bertz CT molecular complexity index is 792. The van der Waals surface area contributed by atoms with Crippen molar-refractivity contribution < 1.29 is 4.21 Å². The molecule has 0 aliphatic rings. The van der Waals surface area contributed by atoms with Gasteiger partial charge >= 0.3 is 0 Å². The summed E-state index contributed by atoms with van der Waals surface area (Å²) in [5.74, 6) is 0. The van der Waals surface area contributed by atoms with Crippen molar-refractivity contribution in [1.29, 1.82) is 0 Å². The summed E-state index contributed by atoms with van der Waals surface area (Å²) in [6.07, 6.45) is 1.70. The number of rotatable bonds is 2. The van der Waals surface area contributed by atoms with Crippen LogP contribution in [-0.2, 0) is 10.8 Å². The third kappa shape index (κ3) is 2.32. The van der Waals surface area contributed by atoms with Crippen LogP contribution in [0, 0.1) is 13.8 Å². The Kier molecular flexibility index (Phi) is 3.28. The second-order valence-electron chi connectivity index (χ2n) is 4.53. The van der Waals surface area contributed by atoms with E-state index < -0.39 is 10.8 Å². The Morgan fingerprint density at radius 1 is 1.00 bits per heavy atom. The first-order valence-corrected chi connectivity index (χ1v) is 7.38. The Morgan fingerprint density at radius 2 is 1.70 bits per heavy atom. The van der Waals surface area contributed by atoms with Crippen molar-refractivity contribution in [2.45, 2.75) is 23.9 Å². The van der Waals surface area contributed by atoms with Crippen molar-refractivity contribution in [3.8, 4) is 0 Å². The van der Waals surface area contributed by atoms with Gasteiger partial charge in [-0.2, -0.15) is 0 Å². The third-order valence-electron chi connectivity index (χ3n) is 2.92. The molecule has 1 aromatic carbocycles. The number of aryl methyl sites for hydroxylation is 2. The predicted octanol–water partition coefficient (Wildman–Crippen LogP) is 2.81. The molecule has 0 spiro atoms. The van der Waals surface area contributed by atoms with Crippen LogP contribution in [0.25, 0.3) is 10.9 Å². The molecule has 0 radical (unpaired) electrons. The summed E-state index contributed by atoms with van der Waals surface area (Å²) in [6, 6.07) is 11.3. The van der Waals surface area contributed by atoms with E-state index in [1.807, 2.05) is 50.2 Å². The first kappa shape index (κ1) is 12.9. The van der Waals surface area contributed by atoms with Crippen molar-refractivity contribution in [1.82, 2.24) is 15.0 Å². The molecule has 0 fully saturated rings. The fraction of sp³-hybridized carbons (Fsp3) is 0.133. The highest BCUT2D eigenvalue weighted by Crippen LogP contribution is 2.22. The summed E-state index contributed by atoms with van der Waals surface area (Å²) in [7, 11) is -1.43. The molecule has 4 nitrogen and oxygen atoms in total. The minimum Gasteiger partial charge on any atom is -0.255 e. The fourth-order valence-electron chi connectivity index (χ4n) is 2.10. The number of para-hydroxylation sites is 1. The van der Waals surface area contributed by atoms with Crippen LogP contribution in [0.15, 0.2) is 52.6 Å². The molecule has 2 heterocycles. The van der Waals surface area contributed by atoms with Crippen molar-refractivity contribution in [3.05, 3.63) is 54.0 Å². The summed E-state index contributed by atoms with van der Waals surface area (Å²) < 4.78 is 12.7. The molecular weight excluding hydrogens is 270 g/mol. The maximum Gasteiger partial charge on any atom is 0.223 e. The molecule has 3 aromatic rings. The number of hydrogen-bond donors (Lipinski definition) is 0. The van der Waals surface area contributed by atoms with Gasteiger partial charge in [0.1, 0.15) is 10.8 Å². The smallest absolute Gasteiger partial charge is 0.223 e. The molecule has 1 unspecified atom stereocenters. The highest BCUT2D eigenvalue weighted by molar-refractivity contribution is 7.85. The molecule has 100 valence electrons. The van der Waals surface area contributed by atoms with Gasteiger partial charge in [0.25, 0.3) is 0 Å². The van der Waals surface area contributed by atoms with Crippen LogP contribution in [0.1, 0.15) is 11.4 Å². The average molecular weight is 283 g/mol. The molecule has 0 aliphatic carbocycles. The number of fused-ring (bicyclic) bond motifs is 1. The highest BCUT2D eigenvalue weighted by atomic mass is 32.2. The SMILES string of the molecule is Cc1cc(C)nc(S(=O)c2cccc3cccnc23)n1. The van der Waals surface area contributed by atoms with E-state index in [2.05, 4.69) is 15.0 Å². The van der Waals surface area contributed by atoms with E-state index >= 15 is 0 Å². The molecule has 2 aromatic heterocycles. The Hall–Kier alpha value is -2.14. The van der Waals surface area contributed by atoms with Crippen LogP contribution in [0.2, 0.25) is 0 Å². The van der Waals surface area contributed by atoms with Gasteiger partial charge in [-0.1, -0.05) is 18.2 Å². The standard InChI is InChI=1S/C15H13N3OS/c1-10-9-11(2)18-15(17-10)20(19)13-7-3-5-12-6-4-8-16-14(12)13/h3-9H,1-2H3. The highest BCUT2D eigenvalue weighted by Gasteiger charge is 2.15. The van der Waals surface area contributed by atoms with Gasteiger partial charge in [0.15, 0.2) is 0 Å². The van der Waals surface area contributed by atoms with Crippen molar-refractivity contribution in [3.63, 3.8) is 0 Å². The number of pyridine rings is 1. The number of benzene rings is 1. The summed E-state index contributed by atoms with van der Waals surface area (Å²) in [4.78, 5) is 13.5. The van der Waals surface area contributed by atoms with Crippen LogP contribution in [0.3, 0.4) is 0 Å². The first-order valence-electron chi connectivity index (χ1n) is 6.23. The van der Waals surface area contributed by atoms with E-state index in [4.69, 9.17) is 0 Å². The lowest BCUT2D eigenvalue weighted by atomic mass is 10.2. The Balaban J connectivity index is 2.17. The second kappa shape index (κ2) is 5.09. The molecule has 0 saturated carbocycles. The van der Waals surface area contributed by atoms with Gasteiger partial charge in [-0.15, -0.1) is 0 Å². The topological polar surface area (TPSA) is 55.7 Å². The Morgan fingerprint density at radius 3 is 2.45 bits per heavy atom. The van der Waals surface area contributed by atoms with E-state index in [0.29, 0.717) is 10.1 Å². The van der Waals surface area contributed by atoms with E-state index in [9.17, 15) is 4.21 Å². The zero-order chi connectivity index (χ0) is 14.1. The van der Waals surface area contributed by atoms with Gasteiger partial charge in [-0.25, -0.2) is 14.2 Å². The van der Waals surface area contributed by atoms with Crippen molar-refractivity contribution >= 4 is 21.7 Å². The summed E-state index contributed by atoms with van der Waals surface area (Å²) in [6.45, 7) is 3.74. The molecule has 0 bridgehead atoms.